The third kappa shape index (κ3) is 8.01. The van der Waals surface area contributed by atoms with Crippen molar-refractivity contribution < 1.29 is 40.7 Å². The number of rotatable bonds is 10. The summed E-state index contributed by atoms with van der Waals surface area (Å²) in [5.41, 5.74) is 0.471. The highest BCUT2D eigenvalue weighted by atomic mass is 32.2. The maximum absolute atomic E-state index is 15.8. The van der Waals surface area contributed by atoms with Gasteiger partial charge in [0.25, 0.3) is 5.56 Å². The number of piperidine rings is 1. The fraction of sp³-hybridized carbons (Fsp3) is 0.465. The number of nitrogens with one attached hydrogen (secondary N) is 2. The zero-order valence-corrected chi connectivity index (χ0v) is 35.9. The molecule has 9 rings (SSSR count). The van der Waals surface area contributed by atoms with Crippen molar-refractivity contribution in [3.05, 3.63) is 82.2 Å². The van der Waals surface area contributed by atoms with E-state index < -0.39 is 44.9 Å². The molecule has 63 heavy (non-hydrogen) atoms. The van der Waals surface area contributed by atoms with Crippen LogP contribution >= 0.6 is 0 Å². The molecule has 2 aromatic heterocycles. The fourth-order valence-electron chi connectivity index (χ4n) is 9.60. The van der Waals surface area contributed by atoms with Crippen LogP contribution in [0.4, 0.5) is 29.5 Å². The van der Waals surface area contributed by atoms with E-state index in [-0.39, 0.29) is 59.9 Å². The monoisotopic (exact) mass is 891 g/mol. The Morgan fingerprint density at radius 1 is 0.968 bits per heavy atom. The van der Waals surface area contributed by atoms with Crippen molar-refractivity contribution in [1.82, 2.24) is 33.9 Å². The molecular formula is C43H48F3N9O7S. The Hall–Kier alpha value is -5.57. The number of fused-ring (bicyclic) bond motifs is 2. The zero-order valence-electron chi connectivity index (χ0n) is 35.1. The van der Waals surface area contributed by atoms with Crippen LogP contribution in [-0.4, -0.2) is 100 Å². The van der Waals surface area contributed by atoms with Gasteiger partial charge < -0.3 is 14.4 Å². The van der Waals surface area contributed by atoms with Crippen molar-refractivity contribution in [2.75, 3.05) is 49.5 Å². The summed E-state index contributed by atoms with van der Waals surface area (Å²) >= 11 is 0. The molecule has 3 amide bonds. The van der Waals surface area contributed by atoms with Crippen LogP contribution in [0.3, 0.4) is 0 Å². The summed E-state index contributed by atoms with van der Waals surface area (Å²) in [4.78, 5) is 46.5. The van der Waals surface area contributed by atoms with Gasteiger partial charge in [0.1, 0.15) is 11.6 Å². The smallest absolute Gasteiger partial charge is 0.329 e. The molecule has 16 nitrogen and oxygen atoms in total. The second kappa shape index (κ2) is 16.5. The molecule has 3 aromatic carbocycles. The molecule has 1 unspecified atom stereocenters. The summed E-state index contributed by atoms with van der Waals surface area (Å²) in [6.45, 7) is 3.88. The Morgan fingerprint density at radius 2 is 1.73 bits per heavy atom. The van der Waals surface area contributed by atoms with Gasteiger partial charge in [0.05, 0.1) is 46.7 Å². The molecule has 1 saturated carbocycles. The number of aryl methyl sites for hydroxylation is 1. The molecule has 1 spiro atoms. The zero-order chi connectivity index (χ0) is 44.4. The number of nitrogens with zero attached hydrogens (tertiary/aromatic N) is 7. The lowest BCUT2D eigenvalue weighted by Crippen LogP contribution is -2.49. The third-order valence-electron chi connectivity index (χ3n) is 13.3. The van der Waals surface area contributed by atoms with Crippen LogP contribution in [0.2, 0.25) is 0 Å². The number of urea groups is 1. The highest BCUT2D eigenvalue weighted by molar-refractivity contribution is 7.90. The maximum Gasteiger partial charge on any atom is 0.329 e. The molecular weight excluding hydrogens is 844 g/mol. The summed E-state index contributed by atoms with van der Waals surface area (Å²) in [5, 5.41) is 7.53. The Kier molecular flexibility index (Phi) is 11.2. The van der Waals surface area contributed by atoms with Crippen molar-refractivity contribution in [3.63, 3.8) is 0 Å². The molecule has 4 fully saturated rings. The Bertz CT molecular complexity index is 2800. The number of halogens is 3. The minimum Gasteiger partial charge on any atom is -0.451 e. The number of imide groups is 1. The van der Waals surface area contributed by atoms with E-state index in [1.165, 1.54) is 42.5 Å². The van der Waals surface area contributed by atoms with Crippen LogP contribution in [-0.2, 0) is 26.8 Å². The standard InChI is InChI=1S/C43H48F3N9O7S/c1-4-51(2)63(59,60)50-35-12-10-32(44)39(38(35)46)62-28-9-11-34-30(19-28)41(57)55(24-47-34)27-22-43(61-23-27)14-17-53(18-15-43)26-7-5-25(6-8-26)29-21-36-31(20-33(29)45)40(49-52(36)3)54-16-13-37(56)48-42(54)58/h9-12,19-21,24-27,50H,4-8,13-18,22-23H2,1-3H3,(H,48,56,58). The Morgan fingerprint density at radius 3 is 2.46 bits per heavy atom. The van der Waals surface area contributed by atoms with Gasteiger partial charge in [0.15, 0.2) is 17.5 Å². The minimum atomic E-state index is -4.10. The molecule has 1 atom stereocenters. The van der Waals surface area contributed by atoms with Crippen molar-refractivity contribution in [2.24, 2.45) is 7.05 Å². The first-order chi connectivity index (χ1) is 30.1. The van der Waals surface area contributed by atoms with Gasteiger partial charge in [-0.2, -0.15) is 17.8 Å². The van der Waals surface area contributed by atoms with Gasteiger partial charge in [-0.1, -0.05) is 6.92 Å². The molecule has 0 radical (unpaired) electrons. The number of aromatic nitrogens is 4. The number of benzene rings is 3. The molecule has 3 saturated heterocycles. The highest BCUT2D eigenvalue weighted by Gasteiger charge is 2.45. The quantitative estimate of drug-likeness (QED) is 0.168. The second-order valence-electron chi connectivity index (χ2n) is 17.0. The van der Waals surface area contributed by atoms with E-state index in [2.05, 4.69) is 25.0 Å². The van der Waals surface area contributed by atoms with E-state index in [9.17, 15) is 27.2 Å². The topological polar surface area (TPSA) is 173 Å². The van der Waals surface area contributed by atoms with E-state index >= 15 is 8.78 Å². The first kappa shape index (κ1) is 42.7. The van der Waals surface area contributed by atoms with Crippen molar-refractivity contribution >= 4 is 55.5 Å². The van der Waals surface area contributed by atoms with E-state index in [1.807, 2.05) is 6.07 Å². The van der Waals surface area contributed by atoms with E-state index in [4.69, 9.17) is 9.47 Å². The molecule has 0 bridgehead atoms. The molecule has 4 aliphatic rings. The number of carbonyl (C=O) groups excluding carboxylic acids is 2. The molecule has 334 valence electrons. The third-order valence-corrected chi connectivity index (χ3v) is 14.9. The van der Waals surface area contributed by atoms with Crippen molar-refractivity contribution in [2.45, 2.75) is 81.9 Å². The number of hydrogen-bond donors (Lipinski definition) is 2. The predicted octanol–water partition coefficient (Wildman–Crippen LogP) is 6.07. The fourth-order valence-corrected chi connectivity index (χ4v) is 10.5. The molecule has 5 aromatic rings. The highest BCUT2D eigenvalue weighted by Crippen LogP contribution is 2.44. The summed E-state index contributed by atoms with van der Waals surface area (Å²) in [6, 6.07) is 8.98. The summed E-state index contributed by atoms with van der Waals surface area (Å²) in [7, 11) is -1.02. The molecule has 5 heterocycles. The van der Waals surface area contributed by atoms with E-state index in [0.717, 1.165) is 73.6 Å². The van der Waals surface area contributed by atoms with E-state index in [0.29, 0.717) is 41.4 Å². The summed E-state index contributed by atoms with van der Waals surface area (Å²) in [6.07, 6.45) is 7.32. The average Bonchev–Trinajstić information content (AvgIpc) is 3.82. The van der Waals surface area contributed by atoms with Crippen molar-refractivity contribution in [1.29, 1.82) is 0 Å². The van der Waals surface area contributed by atoms with Crippen LogP contribution < -0.4 is 25.2 Å². The number of anilines is 2. The number of carbonyl (C=O) groups is 2. The minimum absolute atomic E-state index is 0.0400. The van der Waals surface area contributed by atoms with Gasteiger partial charge in [-0.25, -0.2) is 22.9 Å². The lowest BCUT2D eigenvalue weighted by molar-refractivity contribution is -0.120. The van der Waals surface area contributed by atoms with Crippen LogP contribution in [0.1, 0.15) is 75.8 Å². The van der Waals surface area contributed by atoms with Crippen LogP contribution in [0.5, 0.6) is 11.5 Å². The maximum atomic E-state index is 15.8. The Balaban J connectivity index is 0.826. The van der Waals surface area contributed by atoms with Crippen LogP contribution in [0.25, 0.3) is 21.8 Å². The van der Waals surface area contributed by atoms with Gasteiger partial charge in [-0.3, -0.25) is 33.8 Å². The second-order valence-corrected chi connectivity index (χ2v) is 18.8. The van der Waals surface area contributed by atoms with Crippen LogP contribution in [0.15, 0.2) is 53.6 Å². The normalized spacial score (nSPS) is 22.1. The Labute approximate surface area is 361 Å². The SMILES string of the molecule is CCN(C)S(=O)(=O)Nc1ccc(F)c(Oc2ccc3ncn(C4COC5(CCN(C6CCC(c7cc8c(cc7F)c(N7CCC(=O)NC7=O)nn8C)CC6)CC5)C4)c(=O)c3c2)c1F. The number of likely N-dealkylation sites (tertiary alicyclic amines) is 1. The van der Waals surface area contributed by atoms with Crippen LogP contribution in [0, 0.1) is 17.5 Å². The lowest BCUT2D eigenvalue weighted by atomic mass is 9.79. The van der Waals surface area contributed by atoms with E-state index in [1.54, 1.807) is 23.2 Å². The average molecular weight is 892 g/mol. The molecule has 3 aliphatic heterocycles. The number of ether oxygens (including phenoxy) is 2. The lowest BCUT2D eigenvalue weighted by Gasteiger charge is -2.44. The molecule has 2 N–H and O–H groups in total. The van der Waals surface area contributed by atoms with Gasteiger partial charge >= 0.3 is 16.2 Å². The van der Waals surface area contributed by atoms with Gasteiger partial charge in [-0.05, 0) is 98.9 Å². The first-order valence-electron chi connectivity index (χ1n) is 21.2. The largest absolute Gasteiger partial charge is 0.451 e. The summed E-state index contributed by atoms with van der Waals surface area (Å²) in [5.74, 6) is -3.49. The van der Waals surface area contributed by atoms with Gasteiger partial charge in [0.2, 0.25) is 11.7 Å². The number of hydrogen-bond acceptors (Lipinski definition) is 10. The molecule has 20 heteroatoms. The van der Waals surface area contributed by atoms with Gasteiger partial charge in [0, 0.05) is 58.1 Å². The summed E-state index contributed by atoms with van der Waals surface area (Å²) < 4.78 is 89.5. The molecule has 1 aliphatic carbocycles. The predicted molar refractivity (Wildman–Crippen MR) is 228 cm³/mol. The van der Waals surface area contributed by atoms with Gasteiger partial charge in [-0.15, -0.1) is 0 Å². The first-order valence-corrected chi connectivity index (χ1v) is 22.6. The number of amides is 3. The van der Waals surface area contributed by atoms with Crippen molar-refractivity contribution in [3.8, 4) is 11.5 Å².